The Morgan fingerprint density at radius 2 is 1.85 bits per heavy atom. The molecule has 2 aromatic rings. The number of nitrogens with two attached hydrogens (primary N) is 1. The minimum absolute atomic E-state index is 0.122. The molecule has 0 bridgehead atoms. The average Bonchev–Trinajstić information content (AvgIpc) is 2.48. The first kappa shape index (κ1) is 14.3. The zero-order valence-corrected chi connectivity index (χ0v) is 11.0. The molecule has 0 unspecified atom stereocenters. The van der Waals surface area contributed by atoms with E-state index in [0.717, 1.165) is 17.7 Å². The second-order valence-corrected chi connectivity index (χ2v) is 4.21. The Morgan fingerprint density at radius 1 is 1.05 bits per heavy atom. The highest BCUT2D eigenvalue weighted by atomic mass is 19.2. The van der Waals surface area contributed by atoms with Gasteiger partial charge >= 0.3 is 0 Å². The molecule has 0 spiro atoms. The molecule has 0 amide bonds. The van der Waals surface area contributed by atoms with Crippen molar-refractivity contribution >= 4 is 0 Å². The fourth-order valence-electron chi connectivity index (χ4n) is 1.76. The highest BCUT2D eigenvalue weighted by molar-refractivity contribution is 5.40. The lowest BCUT2D eigenvalue weighted by molar-refractivity contribution is 0.299. The summed E-state index contributed by atoms with van der Waals surface area (Å²) in [5.74, 6) is -0.562. The molecule has 0 heterocycles. The summed E-state index contributed by atoms with van der Waals surface area (Å²) < 4.78 is 36.6. The van der Waals surface area contributed by atoms with Crippen molar-refractivity contribution in [2.45, 2.75) is 13.2 Å². The van der Waals surface area contributed by atoms with Crippen LogP contribution in [0.15, 0.2) is 36.4 Å². The molecular weight excluding hydrogens is 264 g/mol. The van der Waals surface area contributed by atoms with Crippen molar-refractivity contribution in [3.05, 3.63) is 59.2 Å². The Balaban J connectivity index is 2.15. The SMILES string of the molecule is COc1ccc(CN)c(OCc2ccc(F)c(F)c2)c1. The second-order valence-electron chi connectivity index (χ2n) is 4.21. The molecule has 0 fully saturated rings. The molecule has 0 atom stereocenters. The van der Waals surface area contributed by atoms with E-state index >= 15 is 0 Å². The predicted molar refractivity (Wildman–Crippen MR) is 71.6 cm³/mol. The van der Waals surface area contributed by atoms with Gasteiger partial charge in [0.05, 0.1) is 7.11 Å². The summed E-state index contributed by atoms with van der Waals surface area (Å²) >= 11 is 0. The summed E-state index contributed by atoms with van der Waals surface area (Å²) in [7, 11) is 1.55. The maximum Gasteiger partial charge on any atom is 0.159 e. The molecule has 106 valence electrons. The van der Waals surface area contributed by atoms with E-state index in [4.69, 9.17) is 15.2 Å². The maximum atomic E-state index is 13.1. The van der Waals surface area contributed by atoms with Crippen molar-refractivity contribution in [1.82, 2.24) is 0 Å². The first-order valence-corrected chi connectivity index (χ1v) is 6.07. The summed E-state index contributed by atoms with van der Waals surface area (Å²) in [6, 6.07) is 8.95. The Hall–Kier alpha value is -2.14. The third kappa shape index (κ3) is 3.24. The minimum Gasteiger partial charge on any atom is -0.497 e. The molecule has 0 saturated heterocycles. The molecule has 0 aliphatic carbocycles. The van der Waals surface area contributed by atoms with Gasteiger partial charge in [-0.1, -0.05) is 12.1 Å². The fraction of sp³-hybridized carbons (Fsp3) is 0.200. The zero-order chi connectivity index (χ0) is 14.5. The molecule has 5 heteroatoms. The van der Waals surface area contributed by atoms with E-state index in [2.05, 4.69) is 0 Å². The highest BCUT2D eigenvalue weighted by Gasteiger charge is 2.07. The van der Waals surface area contributed by atoms with Crippen molar-refractivity contribution in [2.75, 3.05) is 7.11 Å². The van der Waals surface area contributed by atoms with Crippen molar-refractivity contribution in [3.8, 4) is 11.5 Å². The van der Waals surface area contributed by atoms with E-state index in [1.54, 1.807) is 25.3 Å². The predicted octanol–water partition coefficient (Wildman–Crippen LogP) is 3.01. The summed E-state index contributed by atoms with van der Waals surface area (Å²) in [6.07, 6.45) is 0. The van der Waals surface area contributed by atoms with Crippen LogP contribution in [0.25, 0.3) is 0 Å². The lowest BCUT2D eigenvalue weighted by atomic mass is 10.2. The summed E-state index contributed by atoms with van der Waals surface area (Å²) in [6.45, 7) is 0.439. The monoisotopic (exact) mass is 279 g/mol. The van der Waals surface area contributed by atoms with Crippen LogP contribution in [0.2, 0.25) is 0 Å². The summed E-state index contributed by atoms with van der Waals surface area (Å²) in [5.41, 5.74) is 6.97. The van der Waals surface area contributed by atoms with Crippen LogP contribution in [-0.2, 0) is 13.2 Å². The van der Waals surface area contributed by atoms with Gasteiger partial charge in [0.25, 0.3) is 0 Å². The molecule has 2 rings (SSSR count). The molecule has 0 aliphatic rings. The number of halogens is 2. The van der Waals surface area contributed by atoms with Gasteiger partial charge < -0.3 is 15.2 Å². The van der Waals surface area contributed by atoms with E-state index < -0.39 is 11.6 Å². The topological polar surface area (TPSA) is 44.5 Å². The standard InChI is InChI=1S/C15H15F2NO2/c1-19-12-4-3-11(8-18)15(7-12)20-9-10-2-5-13(16)14(17)6-10/h2-7H,8-9,18H2,1H3. The lowest BCUT2D eigenvalue weighted by Gasteiger charge is -2.12. The number of benzene rings is 2. The fourth-order valence-corrected chi connectivity index (χ4v) is 1.76. The van der Waals surface area contributed by atoms with E-state index in [9.17, 15) is 8.78 Å². The van der Waals surface area contributed by atoms with E-state index in [0.29, 0.717) is 23.6 Å². The molecule has 3 nitrogen and oxygen atoms in total. The van der Waals surface area contributed by atoms with Gasteiger partial charge in [-0.3, -0.25) is 0 Å². The van der Waals surface area contributed by atoms with Crippen LogP contribution in [0.4, 0.5) is 8.78 Å². The van der Waals surface area contributed by atoms with Gasteiger partial charge in [0.2, 0.25) is 0 Å². The third-order valence-electron chi connectivity index (χ3n) is 2.87. The van der Waals surface area contributed by atoms with Crippen molar-refractivity contribution in [3.63, 3.8) is 0 Å². The average molecular weight is 279 g/mol. The van der Waals surface area contributed by atoms with Crippen LogP contribution in [0.5, 0.6) is 11.5 Å². The Kier molecular flexibility index (Phi) is 4.53. The first-order valence-electron chi connectivity index (χ1n) is 6.07. The molecule has 0 aromatic heterocycles. The molecule has 20 heavy (non-hydrogen) atoms. The lowest BCUT2D eigenvalue weighted by Crippen LogP contribution is -2.03. The van der Waals surface area contributed by atoms with Crippen LogP contribution in [-0.4, -0.2) is 7.11 Å². The van der Waals surface area contributed by atoms with E-state index in [1.165, 1.54) is 6.07 Å². The van der Waals surface area contributed by atoms with Gasteiger partial charge in [-0.2, -0.15) is 0 Å². The van der Waals surface area contributed by atoms with Gasteiger partial charge in [0, 0.05) is 18.2 Å². The number of rotatable bonds is 5. The third-order valence-corrected chi connectivity index (χ3v) is 2.87. The molecule has 0 radical (unpaired) electrons. The van der Waals surface area contributed by atoms with Crippen molar-refractivity contribution < 1.29 is 18.3 Å². The number of ether oxygens (including phenoxy) is 2. The largest absolute Gasteiger partial charge is 0.497 e. The Bertz CT molecular complexity index is 602. The van der Waals surface area contributed by atoms with Gasteiger partial charge in [0.15, 0.2) is 11.6 Å². The second kappa shape index (κ2) is 6.34. The molecule has 0 aliphatic heterocycles. The van der Waals surface area contributed by atoms with Gasteiger partial charge in [0.1, 0.15) is 18.1 Å². The maximum absolute atomic E-state index is 13.1. The number of methoxy groups -OCH3 is 1. The first-order chi connectivity index (χ1) is 9.63. The minimum atomic E-state index is -0.893. The van der Waals surface area contributed by atoms with E-state index in [-0.39, 0.29) is 6.61 Å². The summed E-state index contributed by atoms with van der Waals surface area (Å²) in [5, 5.41) is 0. The quantitative estimate of drug-likeness (QED) is 0.915. The molecular formula is C15H15F2NO2. The molecule has 2 N–H and O–H groups in total. The Morgan fingerprint density at radius 3 is 2.50 bits per heavy atom. The summed E-state index contributed by atoms with van der Waals surface area (Å²) in [4.78, 5) is 0. The number of hydrogen-bond acceptors (Lipinski definition) is 3. The molecule has 2 aromatic carbocycles. The zero-order valence-electron chi connectivity index (χ0n) is 11.0. The van der Waals surface area contributed by atoms with Crippen LogP contribution in [0.1, 0.15) is 11.1 Å². The van der Waals surface area contributed by atoms with Gasteiger partial charge in [-0.25, -0.2) is 8.78 Å². The normalized spacial score (nSPS) is 10.4. The van der Waals surface area contributed by atoms with Crippen molar-refractivity contribution in [2.24, 2.45) is 5.73 Å². The van der Waals surface area contributed by atoms with Crippen LogP contribution in [0, 0.1) is 11.6 Å². The Labute approximate surface area is 115 Å². The van der Waals surface area contributed by atoms with Crippen molar-refractivity contribution in [1.29, 1.82) is 0 Å². The van der Waals surface area contributed by atoms with Crippen LogP contribution in [0.3, 0.4) is 0 Å². The highest BCUT2D eigenvalue weighted by Crippen LogP contribution is 2.25. The van der Waals surface area contributed by atoms with E-state index in [1.807, 2.05) is 0 Å². The van der Waals surface area contributed by atoms with Crippen LogP contribution >= 0.6 is 0 Å². The number of hydrogen-bond donors (Lipinski definition) is 1. The van der Waals surface area contributed by atoms with Gasteiger partial charge in [-0.05, 0) is 23.8 Å². The smallest absolute Gasteiger partial charge is 0.159 e. The van der Waals surface area contributed by atoms with Crippen LogP contribution < -0.4 is 15.2 Å². The molecule has 0 saturated carbocycles. The van der Waals surface area contributed by atoms with Gasteiger partial charge in [-0.15, -0.1) is 0 Å².